The molecule has 0 unspecified atom stereocenters. The van der Waals surface area contributed by atoms with E-state index in [0.717, 1.165) is 22.4 Å². The highest BCUT2D eigenvalue weighted by Crippen LogP contribution is 2.24. The fourth-order valence-corrected chi connectivity index (χ4v) is 2.34. The number of thiazole rings is 1. The van der Waals surface area contributed by atoms with E-state index < -0.39 is 0 Å². The van der Waals surface area contributed by atoms with E-state index in [0.29, 0.717) is 5.13 Å². The number of nitrogens with zero attached hydrogens (tertiary/aromatic N) is 1. The van der Waals surface area contributed by atoms with Crippen molar-refractivity contribution >= 4 is 22.4 Å². The summed E-state index contributed by atoms with van der Waals surface area (Å²) < 4.78 is 5.32. The lowest BCUT2D eigenvalue weighted by Gasteiger charge is -2.11. The van der Waals surface area contributed by atoms with Gasteiger partial charge in [0.2, 0.25) is 5.91 Å². The molecule has 0 saturated heterocycles. The van der Waals surface area contributed by atoms with Crippen molar-refractivity contribution < 1.29 is 9.53 Å². The molecule has 1 amide bonds. The van der Waals surface area contributed by atoms with Crippen LogP contribution in [0.4, 0.5) is 5.13 Å². The first-order chi connectivity index (χ1) is 9.10. The summed E-state index contributed by atoms with van der Waals surface area (Å²) in [5.41, 5.74) is 3.19. The number of amides is 1. The smallest absolute Gasteiger partial charge is 0.230 e. The molecule has 0 aliphatic carbocycles. The minimum atomic E-state index is -0.0866. The van der Waals surface area contributed by atoms with Crippen molar-refractivity contribution in [1.82, 2.24) is 4.98 Å². The maximum Gasteiger partial charge on any atom is 0.230 e. The summed E-state index contributed by atoms with van der Waals surface area (Å²) in [6.45, 7) is 4.05. The summed E-state index contributed by atoms with van der Waals surface area (Å²) in [7, 11) is 1.62. The van der Waals surface area contributed by atoms with Crippen molar-refractivity contribution in [1.29, 1.82) is 0 Å². The molecule has 1 heterocycles. The molecule has 2 rings (SSSR count). The largest absolute Gasteiger partial charge is 0.496 e. The molecule has 2 aromatic rings. The maximum atomic E-state index is 11.9. The van der Waals surface area contributed by atoms with Gasteiger partial charge in [0.15, 0.2) is 5.13 Å². The number of ether oxygens (including phenoxy) is 1. The fraction of sp³-hybridized carbons (Fsp3) is 0.286. The van der Waals surface area contributed by atoms with Gasteiger partial charge < -0.3 is 10.1 Å². The Morgan fingerprint density at radius 3 is 2.74 bits per heavy atom. The lowest BCUT2D eigenvalue weighted by atomic mass is 10.0. The van der Waals surface area contributed by atoms with E-state index in [-0.39, 0.29) is 12.3 Å². The van der Waals surface area contributed by atoms with Crippen LogP contribution >= 0.6 is 11.3 Å². The molecule has 0 saturated carbocycles. The lowest BCUT2D eigenvalue weighted by Crippen LogP contribution is -2.15. The monoisotopic (exact) mass is 276 g/mol. The molecule has 1 aromatic carbocycles. The zero-order valence-corrected chi connectivity index (χ0v) is 12.0. The Morgan fingerprint density at radius 1 is 1.37 bits per heavy atom. The van der Waals surface area contributed by atoms with E-state index in [1.807, 2.05) is 31.4 Å². The van der Waals surface area contributed by atoms with Gasteiger partial charge in [-0.25, -0.2) is 4.98 Å². The van der Waals surface area contributed by atoms with Gasteiger partial charge in [-0.2, -0.15) is 0 Å². The van der Waals surface area contributed by atoms with Crippen LogP contribution in [0.15, 0.2) is 23.7 Å². The SMILES string of the molecule is COc1cc(C)c(C)cc1CC(=O)Nc1nccs1. The number of aromatic nitrogens is 1. The Bertz CT molecular complexity index is 579. The van der Waals surface area contributed by atoms with Crippen LogP contribution in [0.5, 0.6) is 5.75 Å². The molecule has 0 aliphatic rings. The first kappa shape index (κ1) is 13.5. The zero-order valence-electron chi connectivity index (χ0n) is 11.2. The fourth-order valence-electron chi connectivity index (χ4n) is 1.80. The maximum absolute atomic E-state index is 11.9. The van der Waals surface area contributed by atoms with Crippen LogP contribution in [0.2, 0.25) is 0 Å². The molecule has 0 bridgehead atoms. The van der Waals surface area contributed by atoms with Crippen LogP contribution < -0.4 is 10.1 Å². The second-order valence-corrected chi connectivity index (χ2v) is 5.21. The number of benzene rings is 1. The predicted molar refractivity (Wildman–Crippen MR) is 76.9 cm³/mol. The van der Waals surface area contributed by atoms with Gasteiger partial charge in [-0.15, -0.1) is 11.3 Å². The molecule has 19 heavy (non-hydrogen) atoms. The van der Waals surface area contributed by atoms with E-state index in [4.69, 9.17) is 4.74 Å². The minimum absolute atomic E-state index is 0.0866. The van der Waals surface area contributed by atoms with Crippen LogP contribution in [0, 0.1) is 13.8 Å². The topological polar surface area (TPSA) is 51.2 Å². The number of carbonyl (C=O) groups is 1. The number of hydrogen-bond acceptors (Lipinski definition) is 4. The van der Waals surface area contributed by atoms with Gasteiger partial charge in [0.05, 0.1) is 13.5 Å². The number of carbonyl (C=O) groups excluding carboxylic acids is 1. The summed E-state index contributed by atoms with van der Waals surface area (Å²) in [6.07, 6.45) is 1.95. The first-order valence-corrected chi connectivity index (χ1v) is 6.81. The average Bonchev–Trinajstić information content (AvgIpc) is 2.86. The number of nitrogens with one attached hydrogen (secondary N) is 1. The molecule has 0 radical (unpaired) electrons. The molecular weight excluding hydrogens is 260 g/mol. The van der Waals surface area contributed by atoms with E-state index in [1.54, 1.807) is 13.3 Å². The van der Waals surface area contributed by atoms with Crippen molar-refractivity contribution in [3.8, 4) is 5.75 Å². The van der Waals surface area contributed by atoms with Gasteiger partial charge in [0, 0.05) is 17.1 Å². The third-order valence-corrected chi connectivity index (χ3v) is 3.61. The Hall–Kier alpha value is -1.88. The molecule has 1 aromatic heterocycles. The average molecular weight is 276 g/mol. The summed E-state index contributed by atoms with van der Waals surface area (Å²) >= 11 is 1.40. The molecule has 1 N–H and O–H groups in total. The highest BCUT2D eigenvalue weighted by atomic mass is 32.1. The van der Waals surface area contributed by atoms with E-state index >= 15 is 0 Å². The number of aryl methyl sites for hydroxylation is 2. The van der Waals surface area contributed by atoms with Crippen molar-refractivity contribution in [2.24, 2.45) is 0 Å². The van der Waals surface area contributed by atoms with E-state index in [1.165, 1.54) is 11.3 Å². The lowest BCUT2D eigenvalue weighted by molar-refractivity contribution is -0.115. The molecule has 5 heteroatoms. The molecule has 4 nitrogen and oxygen atoms in total. The van der Waals surface area contributed by atoms with E-state index in [9.17, 15) is 4.79 Å². The normalized spacial score (nSPS) is 10.3. The summed E-state index contributed by atoms with van der Waals surface area (Å²) in [5.74, 6) is 0.661. The van der Waals surface area contributed by atoms with E-state index in [2.05, 4.69) is 10.3 Å². The van der Waals surface area contributed by atoms with Crippen molar-refractivity contribution in [3.05, 3.63) is 40.4 Å². The zero-order chi connectivity index (χ0) is 13.8. The van der Waals surface area contributed by atoms with Crippen LogP contribution in [0.1, 0.15) is 16.7 Å². The predicted octanol–water partition coefficient (Wildman–Crippen LogP) is 2.95. The summed E-state index contributed by atoms with van der Waals surface area (Å²) in [5, 5.41) is 5.21. The highest BCUT2D eigenvalue weighted by Gasteiger charge is 2.11. The second-order valence-electron chi connectivity index (χ2n) is 4.31. The van der Waals surface area contributed by atoms with Crippen LogP contribution in [-0.2, 0) is 11.2 Å². The van der Waals surface area contributed by atoms with Crippen LogP contribution in [-0.4, -0.2) is 18.0 Å². The van der Waals surface area contributed by atoms with Crippen LogP contribution in [0.25, 0.3) is 0 Å². The van der Waals surface area contributed by atoms with Gasteiger partial charge in [-0.1, -0.05) is 6.07 Å². The van der Waals surface area contributed by atoms with Crippen LogP contribution in [0.3, 0.4) is 0 Å². The van der Waals surface area contributed by atoms with Gasteiger partial charge in [0.1, 0.15) is 5.75 Å². The number of anilines is 1. The Labute approximate surface area is 116 Å². The minimum Gasteiger partial charge on any atom is -0.496 e. The third kappa shape index (κ3) is 3.32. The molecule has 0 aliphatic heterocycles. The first-order valence-electron chi connectivity index (χ1n) is 5.93. The van der Waals surface area contributed by atoms with Crippen molar-refractivity contribution in [3.63, 3.8) is 0 Å². The molecule has 100 valence electrons. The molecule has 0 atom stereocenters. The van der Waals surface area contributed by atoms with Crippen molar-refractivity contribution in [2.45, 2.75) is 20.3 Å². The molecular formula is C14H16N2O2S. The quantitative estimate of drug-likeness (QED) is 0.934. The Kier molecular flexibility index (Phi) is 4.16. The Morgan fingerprint density at radius 2 is 2.11 bits per heavy atom. The standard InChI is InChI=1S/C14H16N2O2S/c1-9-6-11(12(18-3)7-10(9)2)8-13(17)16-14-15-4-5-19-14/h4-7H,8H2,1-3H3,(H,15,16,17). The van der Waals surface area contributed by atoms with Gasteiger partial charge in [0.25, 0.3) is 0 Å². The van der Waals surface area contributed by atoms with Gasteiger partial charge >= 0.3 is 0 Å². The van der Waals surface area contributed by atoms with Gasteiger partial charge in [-0.05, 0) is 31.0 Å². The van der Waals surface area contributed by atoms with Crippen molar-refractivity contribution in [2.75, 3.05) is 12.4 Å². The number of hydrogen-bond donors (Lipinski definition) is 1. The summed E-state index contributed by atoms with van der Waals surface area (Å²) in [6, 6.07) is 3.96. The Balaban J connectivity index is 2.14. The number of rotatable bonds is 4. The third-order valence-electron chi connectivity index (χ3n) is 2.93. The highest BCUT2D eigenvalue weighted by molar-refractivity contribution is 7.13. The molecule has 0 spiro atoms. The van der Waals surface area contributed by atoms with Gasteiger partial charge in [-0.3, -0.25) is 4.79 Å². The summed E-state index contributed by atoms with van der Waals surface area (Å²) in [4.78, 5) is 16.0. The molecule has 0 fully saturated rings. The number of methoxy groups -OCH3 is 1. The second kappa shape index (κ2) is 5.84.